The molecule has 2 heterocycles. The number of para-hydroxylation sites is 1. The van der Waals surface area contributed by atoms with Crippen molar-refractivity contribution in [3.63, 3.8) is 0 Å². The minimum atomic E-state index is 0.138. The van der Waals surface area contributed by atoms with Crippen molar-refractivity contribution in [2.75, 3.05) is 0 Å². The van der Waals surface area contributed by atoms with Gasteiger partial charge in [-0.1, -0.05) is 39.0 Å². The Balaban J connectivity index is 2.14. The molecule has 0 saturated carbocycles. The van der Waals surface area contributed by atoms with Gasteiger partial charge in [0.1, 0.15) is 5.01 Å². The minimum absolute atomic E-state index is 0.138. The smallest absolute Gasteiger partial charge is 0.102 e. The van der Waals surface area contributed by atoms with Crippen molar-refractivity contribution in [1.82, 2.24) is 9.97 Å². The average Bonchev–Trinajstić information content (AvgIpc) is 2.95. The highest BCUT2D eigenvalue weighted by Crippen LogP contribution is 2.41. The van der Waals surface area contributed by atoms with E-state index < -0.39 is 0 Å². The Labute approximate surface area is 117 Å². The minimum Gasteiger partial charge on any atom is -0.358 e. The number of hydrogen-bond acceptors (Lipinski definition) is 2. The van der Waals surface area contributed by atoms with Crippen LogP contribution in [0.4, 0.5) is 0 Å². The van der Waals surface area contributed by atoms with E-state index in [0.717, 1.165) is 0 Å². The maximum absolute atomic E-state index is 4.53. The fraction of sp³-hybridized carbons (Fsp3) is 0.312. The Morgan fingerprint density at radius 1 is 1.21 bits per heavy atom. The fourth-order valence-corrected chi connectivity index (χ4v) is 3.60. The normalized spacial score (nSPS) is 13.8. The Bertz CT molecular complexity index is 641. The summed E-state index contributed by atoms with van der Waals surface area (Å²) in [6.45, 7) is 6.81. The van der Waals surface area contributed by atoms with E-state index in [9.17, 15) is 0 Å². The van der Waals surface area contributed by atoms with Gasteiger partial charge < -0.3 is 4.98 Å². The van der Waals surface area contributed by atoms with Crippen LogP contribution in [-0.2, 0) is 0 Å². The molecule has 1 unspecified atom stereocenters. The molecular weight excluding hydrogens is 252 g/mol. The zero-order chi connectivity index (χ0) is 13.5. The van der Waals surface area contributed by atoms with E-state index in [1.54, 1.807) is 11.3 Å². The van der Waals surface area contributed by atoms with Gasteiger partial charge in [-0.25, -0.2) is 4.98 Å². The zero-order valence-electron chi connectivity index (χ0n) is 11.5. The maximum Gasteiger partial charge on any atom is 0.102 e. The number of hydrogen-bond donors (Lipinski definition) is 1. The molecule has 0 radical (unpaired) electrons. The third kappa shape index (κ3) is 2.30. The van der Waals surface area contributed by atoms with Crippen molar-refractivity contribution in [1.29, 1.82) is 0 Å². The van der Waals surface area contributed by atoms with Crippen molar-refractivity contribution in [2.45, 2.75) is 26.7 Å². The third-order valence-corrected chi connectivity index (χ3v) is 4.27. The lowest BCUT2D eigenvalue weighted by Crippen LogP contribution is -2.19. The number of thiazole rings is 1. The van der Waals surface area contributed by atoms with Crippen molar-refractivity contribution < 1.29 is 0 Å². The maximum atomic E-state index is 4.53. The van der Waals surface area contributed by atoms with E-state index in [2.05, 4.69) is 66.5 Å². The van der Waals surface area contributed by atoms with Crippen LogP contribution in [0.25, 0.3) is 10.9 Å². The molecule has 3 rings (SSSR count). The first kappa shape index (κ1) is 12.4. The topological polar surface area (TPSA) is 28.7 Å². The summed E-state index contributed by atoms with van der Waals surface area (Å²) in [4.78, 5) is 8.09. The van der Waals surface area contributed by atoms with Crippen LogP contribution in [0.2, 0.25) is 0 Å². The molecule has 0 aliphatic carbocycles. The highest BCUT2D eigenvalue weighted by molar-refractivity contribution is 7.09. The molecule has 3 heteroatoms. The quantitative estimate of drug-likeness (QED) is 0.711. The zero-order valence-corrected chi connectivity index (χ0v) is 12.3. The van der Waals surface area contributed by atoms with Gasteiger partial charge in [-0.15, -0.1) is 11.3 Å². The highest BCUT2D eigenvalue weighted by Gasteiger charge is 2.31. The third-order valence-electron chi connectivity index (χ3n) is 3.43. The van der Waals surface area contributed by atoms with Gasteiger partial charge in [0, 0.05) is 22.8 Å². The molecule has 1 atom stereocenters. The Morgan fingerprint density at radius 3 is 2.63 bits per heavy atom. The Kier molecular flexibility index (Phi) is 2.94. The van der Waals surface area contributed by atoms with Crippen LogP contribution in [0.5, 0.6) is 0 Å². The average molecular weight is 270 g/mol. The first-order valence-corrected chi connectivity index (χ1v) is 7.41. The molecule has 19 heavy (non-hydrogen) atoms. The second-order valence-corrected chi connectivity index (χ2v) is 6.91. The molecule has 0 bridgehead atoms. The number of nitrogens with one attached hydrogen (secondary N) is 1. The van der Waals surface area contributed by atoms with Crippen molar-refractivity contribution in [3.05, 3.63) is 52.6 Å². The SMILES string of the molecule is CC(C)(C)C(c1cc2ccccc2[nH]1)c1nccs1. The number of rotatable bonds is 2. The largest absolute Gasteiger partial charge is 0.358 e. The molecule has 0 fully saturated rings. The van der Waals surface area contributed by atoms with Gasteiger partial charge in [0.05, 0.1) is 5.92 Å². The van der Waals surface area contributed by atoms with Gasteiger partial charge >= 0.3 is 0 Å². The number of nitrogens with zero attached hydrogens (tertiary/aromatic N) is 1. The van der Waals surface area contributed by atoms with Crippen LogP contribution in [0.15, 0.2) is 41.9 Å². The molecule has 98 valence electrons. The van der Waals surface area contributed by atoms with Crippen molar-refractivity contribution >= 4 is 22.2 Å². The molecular formula is C16H18N2S. The van der Waals surface area contributed by atoms with E-state index in [0.29, 0.717) is 5.92 Å². The van der Waals surface area contributed by atoms with Crippen LogP contribution in [0.1, 0.15) is 37.4 Å². The Hall–Kier alpha value is -1.61. The lowest BCUT2D eigenvalue weighted by Gasteiger charge is -2.28. The molecule has 2 nitrogen and oxygen atoms in total. The summed E-state index contributed by atoms with van der Waals surface area (Å²) in [7, 11) is 0. The monoisotopic (exact) mass is 270 g/mol. The number of aromatic nitrogens is 2. The molecule has 1 N–H and O–H groups in total. The highest BCUT2D eigenvalue weighted by atomic mass is 32.1. The second-order valence-electron chi connectivity index (χ2n) is 5.98. The molecule has 0 saturated heterocycles. The van der Waals surface area contributed by atoms with Gasteiger partial charge in [-0.3, -0.25) is 0 Å². The number of aromatic amines is 1. The fourth-order valence-electron chi connectivity index (χ4n) is 2.60. The van der Waals surface area contributed by atoms with Crippen LogP contribution < -0.4 is 0 Å². The first-order chi connectivity index (χ1) is 9.05. The second kappa shape index (κ2) is 4.49. The predicted molar refractivity (Wildman–Crippen MR) is 81.7 cm³/mol. The number of fused-ring (bicyclic) bond motifs is 1. The van der Waals surface area contributed by atoms with E-state index in [1.165, 1.54) is 21.6 Å². The summed E-state index contributed by atoms with van der Waals surface area (Å²) in [6.07, 6.45) is 1.89. The van der Waals surface area contributed by atoms with Crippen LogP contribution in [0.3, 0.4) is 0 Å². The molecule has 2 aromatic heterocycles. The predicted octanol–water partition coefficient (Wildman–Crippen LogP) is 4.80. The standard InChI is InChI=1S/C16H18N2S/c1-16(2,3)14(15-17-8-9-19-15)13-10-11-6-4-5-7-12(11)18-13/h4-10,14,18H,1-3H3. The number of benzene rings is 1. The lowest BCUT2D eigenvalue weighted by atomic mass is 9.79. The molecule has 0 amide bonds. The van der Waals surface area contributed by atoms with E-state index in [1.807, 2.05) is 6.20 Å². The van der Waals surface area contributed by atoms with Crippen molar-refractivity contribution in [3.8, 4) is 0 Å². The summed E-state index contributed by atoms with van der Waals surface area (Å²) in [5.74, 6) is 0.305. The molecule has 3 aromatic rings. The van der Waals surface area contributed by atoms with Crippen LogP contribution in [0, 0.1) is 5.41 Å². The first-order valence-electron chi connectivity index (χ1n) is 6.53. The van der Waals surface area contributed by atoms with E-state index in [-0.39, 0.29) is 5.41 Å². The molecule has 0 aliphatic heterocycles. The van der Waals surface area contributed by atoms with Gasteiger partial charge in [0.25, 0.3) is 0 Å². The molecule has 1 aromatic carbocycles. The van der Waals surface area contributed by atoms with Crippen LogP contribution in [-0.4, -0.2) is 9.97 Å². The summed E-state index contributed by atoms with van der Waals surface area (Å²) in [5, 5.41) is 4.50. The summed E-state index contributed by atoms with van der Waals surface area (Å²) in [5.41, 5.74) is 2.59. The van der Waals surface area contributed by atoms with Gasteiger partial charge in [0.2, 0.25) is 0 Å². The number of H-pyrrole nitrogens is 1. The summed E-state index contributed by atoms with van der Waals surface area (Å²) in [6, 6.07) is 10.7. The summed E-state index contributed by atoms with van der Waals surface area (Å²) >= 11 is 1.73. The van der Waals surface area contributed by atoms with Gasteiger partial charge in [-0.05, 0) is 22.9 Å². The lowest BCUT2D eigenvalue weighted by molar-refractivity contribution is 0.353. The van der Waals surface area contributed by atoms with E-state index >= 15 is 0 Å². The summed E-state index contributed by atoms with van der Waals surface area (Å²) < 4.78 is 0. The Morgan fingerprint density at radius 2 is 2.00 bits per heavy atom. The molecule has 0 aliphatic rings. The van der Waals surface area contributed by atoms with Crippen LogP contribution >= 0.6 is 11.3 Å². The molecule has 0 spiro atoms. The van der Waals surface area contributed by atoms with E-state index in [4.69, 9.17) is 0 Å². The van der Waals surface area contributed by atoms with Crippen molar-refractivity contribution in [2.24, 2.45) is 5.41 Å². The van der Waals surface area contributed by atoms with Gasteiger partial charge in [0.15, 0.2) is 0 Å². The van der Waals surface area contributed by atoms with Gasteiger partial charge in [-0.2, -0.15) is 0 Å².